The number of fused-ring (bicyclic) bond motifs is 1. The molecule has 1 aliphatic heterocycles. The van der Waals surface area contributed by atoms with Crippen LogP contribution < -0.4 is 5.56 Å². The maximum absolute atomic E-state index is 12.8. The number of H-pyrrole nitrogens is 2. The highest BCUT2D eigenvalue weighted by molar-refractivity contribution is 5.91. The first-order valence-electron chi connectivity index (χ1n) is 10.7. The Hall–Kier alpha value is -3.78. The van der Waals surface area contributed by atoms with Crippen LogP contribution >= 0.6 is 0 Å². The Morgan fingerprint density at radius 2 is 1.81 bits per heavy atom. The first-order valence-corrected chi connectivity index (χ1v) is 10.7. The summed E-state index contributed by atoms with van der Waals surface area (Å²) >= 11 is 0. The molecule has 1 fully saturated rings. The number of carbonyl (C=O) groups is 1. The van der Waals surface area contributed by atoms with Gasteiger partial charge in [-0.2, -0.15) is 5.10 Å². The van der Waals surface area contributed by atoms with E-state index in [9.17, 15) is 9.59 Å². The molecule has 4 aromatic rings. The predicted molar refractivity (Wildman–Crippen MR) is 123 cm³/mol. The third kappa shape index (κ3) is 3.80. The first-order chi connectivity index (χ1) is 15.6. The molecule has 0 atom stereocenters. The maximum atomic E-state index is 12.8. The molecule has 8 nitrogen and oxygen atoms in total. The third-order valence-corrected chi connectivity index (χ3v) is 6.06. The molecule has 1 aliphatic rings. The molecule has 0 spiro atoms. The van der Waals surface area contributed by atoms with Crippen molar-refractivity contribution in [1.29, 1.82) is 0 Å². The minimum Gasteiger partial charge on any atom is -0.354 e. The molecule has 32 heavy (non-hydrogen) atoms. The van der Waals surface area contributed by atoms with Crippen molar-refractivity contribution >= 4 is 16.8 Å². The van der Waals surface area contributed by atoms with E-state index in [1.807, 2.05) is 41.3 Å². The molecule has 0 radical (unpaired) electrons. The van der Waals surface area contributed by atoms with E-state index in [0.717, 1.165) is 53.9 Å². The Bertz CT molecular complexity index is 1320. The summed E-state index contributed by atoms with van der Waals surface area (Å²) < 4.78 is 0. The Kier molecular flexibility index (Phi) is 5.28. The number of nitrogens with zero attached hydrogens (tertiary/aromatic N) is 4. The van der Waals surface area contributed by atoms with E-state index in [4.69, 9.17) is 0 Å². The zero-order valence-corrected chi connectivity index (χ0v) is 17.8. The van der Waals surface area contributed by atoms with Gasteiger partial charge in [-0.1, -0.05) is 18.2 Å². The van der Waals surface area contributed by atoms with Gasteiger partial charge in [-0.05, 0) is 29.8 Å². The molecule has 0 aliphatic carbocycles. The molecule has 1 aromatic carbocycles. The van der Waals surface area contributed by atoms with E-state index in [1.165, 1.54) is 0 Å². The van der Waals surface area contributed by atoms with Crippen molar-refractivity contribution < 1.29 is 4.79 Å². The topological polar surface area (TPSA) is 98.0 Å². The molecular weight excluding hydrogens is 404 g/mol. The Morgan fingerprint density at radius 1 is 1.06 bits per heavy atom. The van der Waals surface area contributed by atoms with E-state index < -0.39 is 0 Å². The van der Waals surface area contributed by atoms with Gasteiger partial charge in [-0.15, -0.1) is 0 Å². The molecule has 0 saturated carbocycles. The fraction of sp³-hybridized carbons (Fsp3) is 0.250. The van der Waals surface area contributed by atoms with Gasteiger partial charge in [0.15, 0.2) is 0 Å². The van der Waals surface area contributed by atoms with Crippen molar-refractivity contribution in [3.05, 3.63) is 70.8 Å². The van der Waals surface area contributed by atoms with Crippen LogP contribution in [0.4, 0.5) is 0 Å². The van der Waals surface area contributed by atoms with Gasteiger partial charge in [0.25, 0.3) is 5.56 Å². The smallest absolute Gasteiger partial charge is 0.273 e. The maximum Gasteiger partial charge on any atom is 0.273 e. The summed E-state index contributed by atoms with van der Waals surface area (Å²) in [6.45, 7) is 5.34. The number of pyridine rings is 1. The number of piperazine rings is 1. The van der Waals surface area contributed by atoms with Gasteiger partial charge in [-0.3, -0.25) is 19.5 Å². The number of benzene rings is 1. The number of aromatic amines is 2. The van der Waals surface area contributed by atoms with Gasteiger partial charge in [0.1, 0.15) is 0 Å². The zero-order chi connectivity index (χ0) is 22.1. The fourth-order valence-corrected chi connectivity index (χ4v) is 4.30. The molecule has 2 N–H and O–H groups in total. The van der Waals surface area contributed by atoms with Crippen molar-refractivity contribution in [2.24, 2.45) is 0 Å². The van der Waals surface area contributed by atoms with Crippen LogP contribution in [0.1, 0.15) is 12.5 Å². The van der Waals surface area contributed by atoms with E-state index >= 15 is 0 Å². The lowest BCUT2D eigenvalue weighted by atomic mass is 10.0. The summed E-state index contributed by atoms with van der Waals surface area (Å²) in [6.07, 6.45) is 3.41. The van der Waals surface area contributed by atoms with Crippen molar-refractivity contribution in [3.8, 4) is 22.5 Å². The number of carbonyl (C=O) groups excluding carboxylic acids is 1. The number of hydrogen-bond acceptors (Lipinski definition) is 5. The van der Waals surface area contributed by atoms with Crippen LogP contribution in [0.3, 0.4) is 0 Å². The second-order valence-corrected chi connectivity index (χ2v) is 8.04. The second kappa shape index (κ2) is 8.39. The molecular formula is C24H24N6O2. The standard InChI is InChI=1S/C24H24N6O2/c1-16(31)30-12-10-29(11-13-30)15-20-18-4-2-3-5-21(18)26-23(20)19-14-22(27-28-24(19)32)17-6-8-25-9-7-17/h2-9,14,26H,10-13,15H2,1H3,(H,28,32). The van der Waals surface area contributed by atoms with E-state index in [2.05, 4.69) is 31.1 Å². The minimum absolute atomic E-state index is 0.115. The van der Waals surface area contributed by atoms with Gasteiger partial charge < -0.3 is 9.88 Å². The lowest BCUT2D eigenvalue weighted by molar-refractivity contribution is -0.130. The molecule has 0 unspecified atom stereocenters. The van der Waals surface area contributed by atoms with Crippen LogP contribution in [0.5, 0.6) is 0 Å². The summed E-state index contributed by atoms with van der Waals surface area (Å²) in [5.41, 5.74) is 4.75. The number of rotatable bonds is 4. The zero-order valence-electron chi connectivity index (χ0n) is 17.8. The molecule has 3 aromatic heterocycles. The predicted octanol–water partition coefficient (Wildman–Crippen LogP) is 2.64. The summed E-state index contributed by atoms with van der Waals surface area (Å²) in [6, 6.07) is 13.7. The summed E-state index contributed by atoms with van der Waals surface area (Å²) in [4.78, 5) is 36.2. The average molecular weight is 428 g/mol. The monoisotopic (exact) mass is 428 g/mol. The van der Waals surface area contributed by atoms with Gasteiger partial charge in [0.2, 0.25) is 5.91 Å². The van der Waals surface area contributed by atoms with Crippen LogP contribution in [0.25, 0.3) is 33.4 Å². The number of amides is 1. The van der Waals surface area contributed by atoms with Crippen molar-refractivity contribution in [2.45, 2.75) is 13.5 Å². The lowest BCUT2D eigenvalue weighted by Gasteiger charge is -2.34. The van der Waals surface area contributed by atoms with Gasteiger partial charge in [0, 0.05) is 68.5 Å². The normalized spacial score (nSPS) is 14.7. The van der Waals surface area contributed by atoms with E-state index in [-0.39, 0.29) is 11.5 Å². The minimum atomic E-state index is -0.239. The van der Waals surface area contributed by atoms with Gasteiger partial charge in [-0.25, -0.2) is 5.10 Å². The van der Waals surface area contributed by atoms with Crippen LogP contribution in [0, 0.1) is 0 Å². The Labute approximate surface area is 184 Å². The quantitative estimate of drug-likeness (QED) is 0.521. The molecule has 1 amide bonds. The van der Waals surface area contributed by atoms with Crippen LogP contribution in [-0.4, -0.2) is 62.1 Å². The molecule has 8 heteroatoms. The fourth-order valence-electron chi connectivity index (χ4n) is 4.30. The van der Waals surface area contributed by atoms with E-state index in [1.54, 1.807) is 19.3 Å². The van der Waals surface area contributed by atoms with Crippen molar-refractivity contribution in [1.82, 2.24) is 30.0 Å². The number of nitrogens with one attached hydrogen (secondary N) is 2. The summed E-state index contributed by atoms with van der Waals surface area (Å²) in [7, 11) is 0. The Morgan fingerprint density at radius 3 is 2.56 bits per heavy atom. The number of para-hydroxylation sites is 1. The lowest BCUT2D eigenvalue weighted by Crippen LogP contribution is -2.47. The van der Waals surface area contributed by atoms with Crippen LogP contribution in [0.2, 0.25) is 0 Å². The van der Waals surface area contributed by atoms with Crippen LogP contribution in [0.15, 0.2) is 59.7 Å². The molecule has 162 valence electrons. The van der Waals surface area contributed by atoms with Gasteiger partial charge in [0.05, 0.1) is 17.0 Å². The molecule has 1 saturated heterocycles. The van der Waals surface area contributed by atoms with Crippen LogP contribution in [-0.2, 0) is 11.3 Å². The third-order valence-electron chi connectivity index (χ3n) is 6.06. The second-order valence-electron chi connectivity index (χ2n) is 8.04. The summed E-state index contributed by atoms with van der Waals surface area (Å²) in [5, 5.41) is 7.98. The molecule has 4 heterocycles. The molecule has 5 rings (SSSR count). The number of aromatic nitrogens is 4. The highest BCUT2D eigenvalue weighted by atomic mass is 16.2. The Balaban J connectivity index is 1.55. The number of hydrogen-bond donors (Lipinski definition) is 2. The first kappa shape index (κ1) is 20.1. The average Bonchev–Trinajstić information content (AvgIpc) is 3.18. The van der Waals surface area contributed by atoms with Crippen molar-refractivity contribution in [3.63, 3.8) is 0 Å². The highest BCUT2D eigenvalue weighted by Gasteiger charge is 2.23. The van der Waals surface area contributed by atoms with Gasteiger partial charge >= 0.3 is 0 Å². The molecule has 0 bridgehead atoms. The SMILES string of the molecule is CC(=O)N1CCN(Cc2c(-c3cc(-c4ccncc4)n[nH]c3=O)[nH]c3ccccc23)CC1. The largest absolute Gasteiger partial charge is 0.354 e. The van der Waals surface area contributed by atoms with E-state index in [0.29, 0.717) is 17.8 Å². The highest BCUT2D eigenvalue weighted by Crippen LogP contribution is 2.31. The van der Waals surface area contributed by atoms with Crippen molar-refractivity contribution in [2.75, 3.05) is 26.2 Å². The summed E-state index contributed by atoms with van der Waals surface area (Å²) in [5.74, 6) is 0.115.